The number of aliphatic hydroxyl groups is 1. The Kier molecular flexibility index (Phi) is 3.77. The zero-order chi connectivity index (χ0) is 13.1. The second kappa shape index (κ2) is 5.31. The Labute approximate surface area is 107 Å². The summed E-state index contributed by atoms with van der Waals surface area (Å²) < 4.78 is 1.81. The lowest BCUT2D eigenvalue weighted by Crippen LogP contribution is -2.10. The molecular formula is C14H19N3O. The summed E-state index contributed by atoms with van der Waals surface area (Å²) >= 11 is 0. The van der Waals surface area contributed by atoms with Crippen LogP contribution in [0.4, 0.5) is 0 Å². The molecule has 0 saturated heterocycles. The van der Waals surface area contributed by atoms with Gasteiger partial charge >= 0.3 is 0 Å². The molecule has 4 nitrogen and oxygen atoms in total. The molecule has 1 unspecified atom stereocenters. The molecule has 2 aromatic rings. The summed E-state index contributed by atoms with van der Waals surface area (Å²) in [7, 11) is 0. The highest BCUT2D eigenvalue weighted by molar-refractivity contribution is 5.34. The van der Waals surface area contributed by atoms with Crippen LogP contribution in [0, 0.1) is 13.8 Å². The van der Waals surface area contributed by atoms with Crippen LogP contribution >= 0.6 is 0 Å². The zero-order valence-electron chi connectivity index (χ0n) is 11.1. The standard InChI is InChI=1S/C14H19N3O/c1-4-17-14(15-9-16-17)8-13(18)12-7-5-6-10(2)11(12)3/h5-7,9,13,18H,4,8H2,1-3H3. The molecule has 0 spiro atoms. The first-order chi connectivity index (χ1) is 8.63. The van der Waals surface area contributed by atoms with Gasteiger partial charge in [0, 0.05) is 13.0 Å². The molecule has 0 amide bonds. The van der Waals surface area contributed by atoms with Crippen LogP contribution in [0.3, 0.4) is 0 Å². The zero-order valence-corrected chi connectivity index (χ0v) is 11.1. The van der Waals surface area contributed by atoms with Gasteiger partial charge in [0.2, 0.25) is 0 Å². The van der Waals surface area contributed by atoms with Crippen molar-refractivity contribution >= 4 is 0 Å². The monoisotopic (exact) mass is 245 g/mol. The summed E-state index contributed by atoms with van der Waals surface area (Å²) in [5.74, 6) is 0.825. The van der Waals surface area contributed by atoms with Gasteiger partial charge in [-0.3, -0.25) is 4.68 Å². The van der Waals surface area contributed by atoms with Gasteiger partial charge in [0.25, 0.3) is 0 Å². The summed E-state index contributed by atoms with van der Waals surface area (Å²) in [4.78, 5) is 4.20. The predicted molar refractivity (Wildman–Crippen MR) is 70.3 cm³/mol. The Hall–Kier alpha value is -1.68. The first-order valence-corrected chi connectivity index (χ1v) is 6.24. The van der Waals surface area contributed by atoms with Crippen LogP contribution in [0.15, 0.2) is 24.5 Å². The smallest absolute Gasteiger partial charge is 0.138 e. The fraction of sp³-hybridized carbons (Fsp3) is 0.429. The van der Waals surface area contributed by atoms with Crippen molar-refractivity contribution in [3.63, 3.8) is 0 Å². The minimum atomic E-state index is -0.528. The van der Waals surface area contributed by atoms with E-state index in [1.165, 1.54) is 11.9 Å². The lowest BCUT2D eigenvalue weighted by Gasteiger charge is -2.15. The molecular weight excluding hydrogens is 226 g/mol. The van der Waals surface area contributed by atoms with Crippen LogP contribution < -0.4 is 0 Å². The van der Waals surface area contributed by atoms with Gasteiger partial charge in [-0.05, 0) is 37.5 Å². The van der Waals surface area contributed by atoms with Crippen molar-refractivity contribution in [1.82, 2.24) is 14.8 Å². The predicted octanol–water partition coefficient (Wildman–Crippen LogP) is 2.19. The van der Waals surface area contributed by atoms with E-state index in [1.807, 2.05) is 30.7 Å². The van der Waals surface area contributed by atoms with Crippen molar-refractivity contribution in [2.45, 2.75) is 39.8 Å². The largest absolute Gasteiger partial charge is 0.388 e. The number of benzene rings is 1. The quantitative estimate of drug-likeness (QED) is 0.898. The third-order valence-electron chi connectivity index (χ3n) is 3.38. The maximum Gasteiger partial charge on any atom is 0.138 e. The van der Waals surface area contributed by atoms with Gasteiger partial charge in [0.1, 0.15) is 12.2 Å². The number of aromatic nitrogens is 3. The molecule has 0 saturated carbocycles. The molecule has 0 bridgehead atoms. The molecule has 18 heavy (non-hydrogen) atoms. The van der Waals surface area contributed by atoms with Crippen LogP contribution in [0.5, 0.6) is 0 Å². The van der Waals surface area contributed by atoms with E-state index in [-0.39, 0.29) is 0 Å². The van der Waals surface area contributed by atoms with E-state index in [4.69, 9.17) is 0 Å². The van der Waals surface area contributed by atoms with Crippen molar-refractivity contribution in [3.05, 3.63) is 47.0 Å². The van der Waals surface area contributed by atoms with Gasteiger partial charge in [-0.1, -0.05) is 18.2 Å². The fourth-order valence-electron chi connectivity index (χ4n) is 2.13. The third kappa shape index (κ3) is 2.43. The van der Waals surface area contributed by atoms with E-state index in [1.54, 1.807) is 0 Å². The maximum absolute atomic E-state index is 10.3. The molecule has 2 rings (SSSR count). The van der Waals surface area contributed by atoms with Crippen molar-refractivity contribution in [1.29, 1.82) is 0 Å². The number of aryl methyl sites for hydroxylation is 2. The molecule has 1 N–H and O–H groups in total. The van der Waals surface area contributed by atoms with E-state index in [9.17, 15) is 5.11 Å². The Morgan fingerprint density at radius 1 is 1.33 bits per heavy atom. The highest BCUT2D eigenvalue weighted by Crippen LogP contribution is 2.22. The van der Waals surface area contributed by atoms with E-state index >= 15 is 0 Å². The van der Waals surface area contributed by atoms with Gasteiger partial charge in [0.05, 0.1) is 6.10 Å². The SMILES string of the molecule is CCn1ncnc1CC(O)c1cccc(C)c1C. The Morgan fingerprint density at radius 2 is 2.11 bits per heavy atom. The third-order valence-corrected chi connectivity index (χ3v) is 3.38. The molecule has 0 aliphatic heterocycles. The van der Waals surface area contributed by atoms with Gasteiger partial charge in [-0.2, -0.15) is 5.10 Å². The molecule has 0 aliphatic carbocycles. The topological polar surface area (TPSA) is 50.9 Å². The van der Waals surface area contributed by atoms with E-state index in [0.717, 1.165) is 23.5 Å². The van der Waals surface area contributed by atoms with Gasteiger partial charge in [-0.25, -0.2) is 4.98 Å². The molecule has 4 heteroatoms. The Balaban J connectivity index is 2.22. The number of aliphatic hydroxyl groups excluding tert-OH is 1. The second-order valence-corrected chi connectivity index (χ2v) is 4.50. The van der Waals surface area contributed by atoms with Gasteiger partial charge in [-0.15, -0.1) is 0 Å². The number of hydrogen-bond donors (Lipinski definition) is 1. The Morgan fingerprint density at radius 3 is 2.83 bits per heavy atom. The molecule has 1 heterocycles. The highest BCUT2D eigenvalue weighted by atomic mass is 16.3. The van der Waals surface area contributed by atoms with Crippen LogP contribution in [-0.2, 0) is 13.0 Å². The molecule has 0 fully saturated rings. The summed E-state index contributed by atoms with van der Waals surface area (Å²) in [6.45, 7) is 6.88. The first kappa shape index (κ1) is 12.8. The molecule has 0 radical (unpaired) electrons. The number of hydrogen-bond acceptors (Lipinski definition) is 3. The van der Waals surface area contributed by atoms with Crippen LogP contribution in [-0.4, -0.2) is 19.9 Å². The van der Waals surface area contributed by atoms with Crippen LogP contribution in [0.25, 0.3) is 0 Å². The van der Waals surface area contributed by atoms with Crippen LogP contribution in [0.2, 0.25) is 0 Å². The highest BCUT2D eigenvalue weighted by Gasteiger charge is 2.15. The second-order valence-electron chi connectivity index (χ2n) is 4.50. The maximum atomic E-state index is 10.3. The summed E-state index contributed by atoms with van der Waals surface area (Å²) in [5.41, 5.74) is 3.32. The lowest BCUT2D eigenvalue weighted by molar-refractivity contribution is 0.173. The molecule has 0 aliphatic rings. The van der Waals surface area contributed by atoms with Gasteiger partial charge in [0.15, 0.2) is 0 Å². The first-order valence-electron chi connectivity index (χ1n) is 6.24. The Bertz CT molecular complexity index is 534. The fourth-order valence-corrected chi connectivity index (χ4v) is 2.13. The number of rotatable bonds is 4. The summed E-state index contributed by atoms with van der Waals surface area (Å²) in [6, 6.07) is 6.01. The summed E-state index contributed by atoms with van der Waals surface area (Å²) in [6.07, 6.45) is 1.51. The van der Waals surface area contributed by atoms with E-state index < -0.39 is 6.10 Å². The lowest BCUT2D eigenvalue weighted by atomic mass is 9.97. The normalized spacial score (nSPS) is 12.7. The van der Waals surface area contributed by atoms with E-state index in [0.29, 0.717) is 6.42 Å². The van der Waals surface area contributed by atoms with Crippen molar-refractivity contribution < 1.29 is 5.11 Å². The minimum absolute atomic E-state index is 0.498. The number of nitrogens with zero attached hydrogens (tertiary/aromatic N) is 3. The molecule has 1 aromatic carbocycles. The summed E-state index contributed by atoms with van der Waals surface area (Å²) in [5, 5.41) is 14.5. The van der Waals surface area contributed by atoms with Crippen molar-refractivity contribution in [3.8, 4) is 0 Å². The molecule has 96 valence electrons. The van der Waals surface area contributed by atoms with E-state index in [2.05, 4.69) is 23.1 Å². The van der Waals surface area contributed by atoms with Gasteiger partial charge < -0.3 is 5.11 Å². The van der Waals surface area contributed by atoms with Crippen molar-refractivity contribution in [2.75, 3.05) is 0 Å². The van der Waals surface area contributed by atoms with Crippen LogP contribution in [0.1, 0.15) is 35.5 Å². The average Bonchev–Trinajstić information content (AvgIpc) is 2.79. The van der Waals surface area contributed by atoms with Crippen molar-refractivity contribution in [2.24, 2.45) is 0 Å². The average molecular weight is 245 g/mol. The molecule has 1 atom stereocenters. The minimum Gasteiger partial charge on any atom is -0.388 e. The molecule has 1 aromatic heterocycles.